The number of ether oxygens (including phenoxy) is 1. The molecule has 1 aromatic heterocycles. The van der Waals surface area contributed by atoms with Gasteiger partial charge in [-0.25, -0.2) is 0 Å². The van der Waals surface area contributed by atoms with Crippen molar-refractivity contribution in [2.24, 2.45) is 0 Å². The van der Waals surface area contributed by atoms with E-state index in [1.807, 2.05) is 36.4 Å². The van der Waals surface area contributed by atoms with Gasteiger partial charge >= 0.3 is 0 Å². The molecule has 0 unspecified atom stereocenters. The summed E-state index contributed by atoms with van der Waals surface area (Å²) in [6, 6.07) is 11.4. The second kappa shape index (κ2) is 4.39. The topological polar surface area (TPSA) is 22.4 Å². The minimum atomic E-state index is 0.262. The molecule has 2 rings (SSSR count). The van der Waals surface area contributed by atoms with E-state index in [9.17, 15) is 0 Å². The van der Waals surface area contributed by atoms with Gasteiger partial charge in [-0.15, -0.1) is 6.42 Å². The molecule has 0 amide bonds. The van der Waals surface area contributed by atoms with Gasteiger partial charge in [0, 0.05) is 0 Å². The van der Waals surface area contributed by atoms with Crippen LogP contribution in [0, 0.1) is 12.3 Å². The highest BCUT2D eigenvalue weighted by molar-refractivity contribution is 5.65. The molecule has 15 heavy (non-hydrogen) atoms. The lowest BCUT2D eigenvalue weighted by Gasteiger charge is -2.06. The van der Waals surface area contributed by atoms with Gasteiger partial charge in [0.05, 0.1) is 11.8 Å². The van der Waals surface area contributed by atoms with Crippen molar-refractivity contribution in [2.75, 3.05) is 6.61 Å². The van der Waals surface area contributed by atoms with Crippen LogP contribution in [-0.4, -0.2) is 6.61 Å². The van der Waals surface area contributed by atoms with Crippen molar-refractivity contribution < 1.29 is 9.15 Å². The van der Waals surface area contributed by atoms with Gasteiger partial charge in [-0.1, -0.05) is 18.1 Å². The van der Waals surface area contributed by atoms with Gasteiger partial charge in [-0.2, -0.15) is 0 Å². The quantitative estimate of drug-likeness (QED) is 0.707. The first-order valence-corrected chi connectivity index (χ1v) is 4.61. The summed E-state index contributed by atoms with van der Waals surface area (Å²) in [4.78, 5) is 0. The van der Waals surface area contributed by atoms with E-state index in [-0.39, 0.29) is 6.61 Å². The molecule has 0 aliphatic heterocycles. The summed E-state index contributed by atoms with van der Waals surface area (Å²) in [6.45, 7) is 0.262. The fraction of sp³-hybridized carbons (Fsp3) is 0.0769. The Kier molecular flexibility index (Phi) is 2.75. The average molecular weight is 198 g/mol. The molecule has 74 valence electrons. The minimum absolute atomic E-state index is 0.262. The van der Waals surface area contributed by atoms with E-state index in [1.54, 1.807) is 6.26 Å². The standard InChI is InChI=1S/C13H10O2/c1-2-9-14-12-7-4-3-6-11(12)13-8-5-10-15-13/h1,3-8,10H,9H2. The van der Waals surface area contributed by atoms with Crippen molar-refractivity contribution >= 4 is 0 Å². The van der Waals surface area contributed by atoms with E-state index < -0.39 is 0 Å². The minimum Gasteiger partial charge on any atom is -0.480 e. The van der Waals surface area contributed by atoms with Crippen LogP contribution < -0.4 is 4.74 Å². The maximum atomic E-state index is 5.41. The molecule has 0 aliphatic rings. The Morgan fingerprint density at radius 3 is 2.80 bits per heavy atom. The first-order valence-electron chi connectivity index (χ1n) is 4.61. The summed E-state index contributed by atoms with van der Waals surface area (Å²) in [5.41, 5.74) is 0.915. The second-order valence-electron chi connectivity index (χ2n) is 2.97. The molecule has 0 atom stereocenters. The van der Waals surface area contributed by atoms with Gasteiger partial charge in [-0.3, -0.25) is 0 Å². The van der Waals surface area contributed by atoms with Crippen molar-refractivity contribution in [1.29, 1.82) is 0 Å². The third-order valence-corrected chi connectivity index (χ3v) is 1.98. The molecule has 0 bridgehead atoms. The number of hydrogen-bond acceptors (Lipinski definition) is 2. The van der Waals surface area contributed by atoms with Crippen molar-refractivity contribution in [3.05, 3.63) is 42.7 Å². The van der Waals surface area contributed by atoms with Crippen LogP contribution in [0.3, 0.4) is 0 Å². The van der Waals surface area contributed by atoms with Gasteiger partial charge in [0.1, 0.15) is 18.1 Å². The van der Waals surface area contributed by atoms with Crippen LogP contribution in [0.25, 0.3) is 11.3 Å². The van der Waals surface area contributed by atoms with Crippen LogP contribution in [0.4, 0.5) is 0 Å². The Morgan fingerprint density at radius 1 is 1.20 bits per heavy atom. The van der Waals surface area contributed by atoms with Gasteiger partial charge in [0.25, 0.3) is 0 Å². The van der Waals surface area contributed by atoms with Gasteiger partial charge in [0.2, 0.25) is 0 Å². The molecule has 0 fully saturated rings. The first-order chi connectivity index (χ1) is 7.42. The average Bonchev–Trinajstić information content (AvgIpc) is 2.80. The van der Waals surface area contributed by atoms with Crippen LogP contribution in [-0.2, 0) is 0 Å². The molecule has 0 saturated heterocycles. The fourth-order valence-electron chi connectivity index (χ4n) is 1.35. The Labute approximate surface area is 88.5 Å². The number of benzene rings is 1. The molecular formula is C13H10O2. The second-order valence-corrected chi connectivity index (χ2v) is 2.97. The first kappa shape index (κ1) is 9.42. The number of furan rings is 1. The summed E-state index contributed by atoms with van der Waals surface area (Å²) >= 11 is 0. The summed E-state index contributed by atoms with van der Waals surface area (Å²) < 4.78 is 10.7. The zero-order valence-electron chi connectivity index (χ0n) is 8.14. The molecule has 1 heterocycles. The lowest BCUT2D eigenvalue weighted by Crippen LogP contribution is -1.94. The zero-order chi connectivity index (χ0) is 10.5. The summed E-state index contributed by atoms with van der Waals surface area (Å²) in [5, 5.41) is 0. The van der Waals surface area contributed by atoms with E-state index in [4.69, 9.17) is 15.6 Å². The zero-order valence-corrected chi connectivity index (χ0v) is 8.14. The highest BCUT2D eigenvalue weighted by Crippen LogP contribution is 2.29. The normalized spacial score (nSPS) is 9.53. The van der Waals surface area contributed by atoms with Crippen molar-refractivity contribution in [3.8, 4) is 29.4 Å². The third-order valence-electron chi connectivity index (χ3n) is 1.98. The molecule has 0 N–H and O–H groups in total. The molecule has 0 spiro atoms. The van der Waals surface area contributed by atoms with E-state index in [2.05, 4.69) is 5.92 Å². The maximum Gasteiger partial charge on any atom is 0.148 e. The van der Waals surface area contributed by atoms with E-state index >= 15 is 0 Å². The van der Waals surface area contributed by atoms with E-state index in [1.165, 1.54) is 0 Å². The number of hydrogen-bond donors (Lipinski definition) is 0. The summed E-state index contributed by atoms with van der Waals surface area (Å²) in [7, 11) is 0. The van der Waals surface area contributed by atoms with Crippen LogP contribution >= 0.6 is 0 Å². The SMILES string of the molecule is C#CCOc1ccccc1-c1ccco1. The Balaban J connectivity index is 2.35. The molecule has 2 aromatic rings. The Hall–Kier alpha value is -2.14. The highest BCUT2D eigenvalue weighted by atomic mass is 16.5. The number of terminal acetylenes is 1. The van der Waals surface area contributed by atoms with Crippen LogP contribution in [0.15, 0.2) is 47.1 Å². The van der Waals surface area contributed by atoms with Crippen LogP contribution in [0.5, 0.6) is 5.75 Å². The molecular weight excluding hydrogens is 188 g/mol. The Bertz CT molecular complexity index is 464. The predicted octanol–water partition coefficient (Wildman–Crippen LogP) is 2.96. The van der Waals surface area contributed by atoms with Gasteiger partial charge < -0.3 is 9.15 Å². The Morgan fingerprint density at radius 2 is 2.07 bits per heavy atom. The summed E-state index contributed by atoms with van der Waals surface area (Å²) in [6.07, 6.45) is 6.78. The monoisotopic (exact) mass is 198 g/mol. The van der Waals surface area contributed by atoms with Crippen molar-refractivity contribution in [3.63, 3.8) is 0 Å². The summed E-state index contributed by atoms with van der Waals surface area (Å²) in [5.74, 6) is 3.96. The van der Waals surface area contributed by atoms with Crippen LogP contribution in [0.2, 0.25) is 0 Å². The van der Waals surface area contributed by atoms with E-state index in [0.29, 0.717) is 0 Å². The van der Waals surface area contributed by atoms with Gasteiger partial charge in [-0.05, 0) is 24.3 Å². The molecule has 0 saturated carbocycles. The fourth-order valence-corrected chi connectivity index (χ4v) is 1.35. The third kappa shape index (κ3) is 2.03. The molecule has 2 nitrogen and oxygen atoms in total. The smallest absolute Gasteiger partial charge is 0.148 e. The van der Waals surface area contributed by atoms with Crippen molar-refractivity contribution in [2.45, 2.75) is 0 Å². The largest absolute Gasteiger partial charge is 0.480 e. The molecule has 2 heteroatoms. The molecule has 1 aromatic carbocycles. The van der Waals surface area contributed by atoms with Crippen LogP contribution in [0.1, 0.15) is 0 Å². The molecule has 0 aliphatic carbocycles. The number of rotatable bonds is 3. The highest BCUT2D eigenvalue weighted by Gasteiger charge is 2.06. The predicted molar refractivity (Wildman–Crippen MR) is 58.5 cm³/mol. The lowest BCUT2D eigenvalue weighted by atomic mass is 10.1. The van der Waals surface area contributed by atoms with E-state index in [0.717, 1.165) is 17.1 Å². The maximum absolute atomic E-state index is 5.41. The number of para-hydroxylation sites is 1. The molecule has 0 radical (unpaired) electrons. The lowest BCUT2D eigenvalue weighted by molar-refractivity contribution is 0.370. The van der Waals surface area contributed by atoms with Gasteiger partial charge in [0.15, 0.2) is 0 Å². The van der Waals surface area contributed by atoms with Crippen molar-refractivity contribution in [1.82, 2.24) is 0 Å².